The Labute approximate surface area is 120 Å². The van der Waals surface area contributed by atoms with Crippen molar-refractivity contribution < 1.29 is 4.74 Å². The second-order valence-corrected chi connectivity index (χ2v) is 4.86. The van der Waals surface area contributed by atoms with Gasteiger partial charge in [0, 0.05) is 24.4 Å². The summed E-state index contributed by atoms with van der Waals surface area (Å²) >= 11 is 0. The number of nitrogens with zero attached hydrogens (tertiary/aromatic N) is 4. The standard InChI is InChI=1S/C14H14N6O/c15-19-13-9-8-21-6-4-10(9)17-14(18-13)11-7-20-5-2-1-3-12(20)16-11/h1-3,5,7H,4,6,8,15H2,(H,17,18,19). The van der Waals surface area contributed by atoms with Gasteiger partial charge < -0.3 is 14.6 Å². The number of anilines is 1. The van der Waals surface area contributed by atoms with E-state index in [9.17, 15) is 0 Å². The fourth-order valence-electron chi connectivity index (χ4n) is 2.51. The minimum absolute atomic E-state index is 0.486. The molecule has 4 rings (SSSR count). The monoisotopic (exact) mass is 282 g/mol. The Hall–Kier alpha value is -2.51. The number of nitrogens with one attached hydrogen (secondary N) is 1. The van der Waals surface area contributed by atoms with Crippen molar-refractivity contribution in [1.29, 1.82) is 0 Å². The number of fused-ring (bicyclic) bond motifs is 2. The summed E-state index contributed by atoms with van der Waals surface area (Å²) in [5.74, 6) is 6.75. The van der Waals surface area contributed by atoms with Gasteiger partial charge in [-0.15, -0.1) is 0 Å². The molecule has 0 saturated carbocycles. The highest BCUT2D eigenvalue weighted by Crippen LogP contribution is 2.25. The van der Waals surface area contributed by atoms with Crippen molar-refractivity contribution in [2.24, 2.45) is 5.84 Å². The maximum absolute atomic E-state index is 5.57. The molecule has 0 amide bonds. The third-order valence-corrected chi connectivity index (χ3v) is 3.55. The molecule has 0 aliphatic carbocycles. The number of hydrogen-bond donors (Lipinski definition) is 2. The van der Waals surface area contributed by atoms with E-state index in [4.69, 9.17) is 10.6 Å². The fraction of sp³-hybridized carbons (Fsp3) is 0.214. The highest BCUT2D eigenvalue weighted by atomic mass is 16.5. The maximum Gasteiger partial charge on any atom is 0.182 e. The molecule has 0 saturated heterocycles. The predicted octanol–water partition coefficient (Wildman–Crippen LogP) is 1.15. The highest BCUT2D eigenvalue weighted by molar-refractivity contribution is 5.59. The molecule has 1 aliphatic rings. The summed E-state index contributed by atoms with van der Waals surface area (Å²) in [6, 6.07) is 5.85. The molecule has 7 heteroatoms. The van der Waals surface area contributed by atoms with Crippen molar-refractivity contribution in [2.75, 3.05) is 12.0 Å². The molecular formula is C14H14N6O. The van der Waals surface area contributed by atoms with Crippen molar-refractivity contribution >= 4 is 11.5 Å². The van der Waals surface area contributed by atoms with E-state index in [0.717, 1.165) is 29.0 Å². The van der Waals surface area contributed by atoms with Crippen LogP contribution in [0.3, 0.4) is 0 Å². The Morgan fingerprint density at radius 1 is 1.24 bits per heavy atom. The summed E-state index contributed by atoms with van der Waals surface area (Å²) in [5, 5.41) is 0. The van der Waals surface area contributed by atoms with Crippen molar-refractivity contribution in [3.8, 4) is 11.5 Å². The van der Waals surface area contributed by atoms with Gasteiger partial charge in [-0.1, -0.05) is 6.07 Å². The first-order valence-electron chi connectivity index (χ1n) is 6.73. The highest BCUT2D eigenvalue weighted by Gasteiger charge is 2.19. The van der Waals surface area contributed by atoms with Crippen LogP contribution in [0.1, 0.15) is 11.3 Å². The molecular weight excluding hydrogens is 268 g/mol. The zero-order valence-corrected chi connectivity index (χ0v) is 11.3. The zero-order valence-electron chi connectivity index (χ0n) is 11.3. The number of ether oxygens (including phenoxy) is 1. The van der Waals surface area contributed by atoms with Gasteiger partial charge in [-0.05, 0) is 12.1 Å². The lowest BCUT2D eigenvalue weighted by Gasteiger charge is -2.18. The lowest BCUT2D eigenvalue weighted by molar-refractivity contribution is 0.109. The van der Waals surface area contributed by atoms with Gasteiger partial charge in [-0.3, -0.25) is 0 Å². The molecule has 0 atom stereocenters. The quantitative estimate of drug-likeness (QED) is 0.541. The number of nitrogens with two attached hydrogens (primary N) is 1. The lowest BCUT2D eigenvalue weighted by Crippen LogP contribution is -2.19. The van der Waals surface area contributed by atoms with E-state index in [2.05, 4.69) is 20.4 Å². The molecule has 0 spiro atoms. The lowest BCUT2D eigenvalue weighted by atomic mass is 10.1. The molecule has 7 nitrogen and oxygen atoms in total. The fourth-order valence-corrected chi connectivity index (χ4v) is 2.51. The summed E-state index contributed by atoms with van der Waals surface area (Å²) in [4.78, 5) is 13.6. The van der Waals surface area contributed by atoms with E-state index in [1.165, 1.54) is 0 Å². The molecule has 3 N–H and O–H groups in total. The second-order valence-electron chi connectivity index (χ2n) is 4.86. The van der Waals surface area contributed by atoms with E-state index in [1.807, 2.05) is 35.0 Å². The largest absolute Gasteiger partial charge is 0.376 e. The normalized spacial score (nSPS) is 14.1. The predicted molar refractivity (Wildman–Crippen MR) is 77.4 cm³/mol. The van der Waals surface area contributed by atoms with Crippen molar-refractivity contribution in [3.63, 3.8) is 0 Å². The van der Waals surface area contributed by atoms with Gasteiger partial charge in [0.25, 0.3) is 0 Å². The average Bonchev–Trinajstić information content (AvgIpc) is 2.98. The van der Waals surface area contributed by atoms with Crippen LogP contribution < -0.4 is 11.3 Å². The summed E-state index contributed by atoms with van der Waals surface area (Å²) in [6.45, 7) is 1.15. The SMILES string of the molecule is NNc1nc(-c2cn3ccccc3n2)nc2c1COCC2. The Morgan fingerprint density at radius 3 is 3.05 bits per heavy atom. The number of rotatable bonds is 2. The van der Waals surface area contributed by atoms with Crippen LogP contribution in [-0.4, -0.2) is 26.0 Å². The number of imidazole rings is 1. The van der Waals surface area contributed by atoms with Crippen LogP contribution in [-0.2, 0) is 17.8 Å². The van der Waals surface area contributed by atoms with E-state index in [-0.39, 0.29) is 0 Å². The van der Waals surface area contributed by atoms with E-state index < -0.39 is 0 Å². The van der Waals surface area contributed by atoms with Crippen molar-refractivity contribution in [2.45, 2.75) is 13.0 Å². The van der Waals surface area contributed by atoms with Crippen LogP contribution in [0.5, 0.6) is 0 Å². The minimum Gasteiger partial charge on any atom is -0.376 e. The molecule has 0 radical (unpaired) electrons. The van der Waals surface area contributed by atoms with Gasteiger partial charge in [0.15, 0.2) is 5.82 Å². The third-order valence-electron chi connectivity index (χ3n) is 3.55. The third kappa shape index (κ3) is 2.03. The number of hydrogen-bond acceptors (Lipinski definition) is 6. The Balaban J connectivity index is 1.87. The summed E-state index contributed by atoms with van der Waals surface area (Å²) in [6.07, 6.45) is 4.61. The molecule has 0 bridgehead atoms. The molecule has 1 aliphatic heterocycles. The van der Waals surface area contributed by atoms with Crippen LogP contribution in [0.4, 0.5) is 5.82 Å². The zero-order chi connectivity index (χ0) is 14.2. The Bertz CT molecular complexity index is 762. The molecule has 106 valence electrons. The smallest absolute Gasteiger partial charge is 0.182 e. The van der Waals surface area contributed by atoms with Crippen LogP contribution in [0.15, 0.2) is 30.6 Å². The van der Waals surface area contributed by atoms with Gasteiger partial charge in [0.2, 0.25) is 0 Å². The van der Waals surface area contributed by atoms with Crippen molar-refractivity contribution in [1.82, 2.24) is 19.4 Å². The summed E-state index contributed by atoms with van der Waals surface area (Å²) in [7, 11) is 0. The van der Waals surface area contributed by atoms with E-state index >= 15 is 0 Å². The number of hydrazine groups is 1. The molecule has 0 fully saturated rings. The van der Waals surface area contributed by atoms with Crippen LogP contribution in [0, 0.1) is 0 Å². The van der Waals surface area contributed by atoms with Crippen LogP contribution in [0.25, 0.3) is 17.2 Å². The summed E-state index contributed by atoms with van der Waals surface area (Å²) < 4.78 is 7.38. The van der Waals surface area contributed by atoms with Crippen molar-refractivity contribution in [3.05, 3.63) is 41.9 Å². The Morgan fingerprint density at radius 2 is 2.19 bits per heavy atom. The van der Waals surface area contributed by atoms with Crippen LogP contribution >= 0.6 is 0 Å². The van der Waals surface area contributed by atoms with Gasteiger partial charge in [0.1, 0.15) is 17.2 Å². The first kappa shape index (κ1) is 12.2. The number of aromatic nitrogens is 4. The topological polar surface area (TPSA) is 90.4 Å². The number of pyridine rings is 1. The van der Waals surface area contributed by atoms with E-state index in [0.29, 0.717) is 24.9 Å². The summed E-state index contributed by atoms with van der Waals surface area (Å²) in [5.41, 5.74) is 6.12. The molecule has 3 aromatic heterocycles. The van der Waals surface area contributed by atoms with Gasteiger partial charge in [-0.25, -0.2) is 20.8 Å². The molecule has 0 unspecified atom stereocenters. The maximum atomic E-state index is 5.57. The second kappa shape index (κ2) is 4.80. The van der Waals surface area contributed by atoms with E-state index in [1.54, 1.807) is 0 Å². The van der Waals surface area contributed by atoms with Gasteiger partial charge in [0.05, 0.1) is 18.9 Å². The molecule has 3 aromatic rings. The Kier molecular flexibility index (Phi) is 2.80. The molecule has 21 heavy (non-hydrogen) atoms. The van der Waals surface area contributed by atoms with Gasteiger partial charge in [-0.2, -0.15) is 0 Å². The number of nitrogen functional groups attached to an aromatic ring is 1. The first-order valence-corrected chi connectivity index (χ1v) is 6.73. The molecule has 0 aromatic carbocycles. The van der Waals surface area contributed by atoms with Gasteiger partial charge >= 0.3 is 0 Å². The molecule has 4 heterocycles. The first-order chi connectivity index (χ1) is 10.3. The minimum atomic E-state index is 0.486. The van der Waals surface area contributed by atoms with Crippen LogP contribution in [0.2, 0.25) is 0 Å². The average molecular weight is 282 g/mol.